The van der Waals surface area contributed by atoms with Gasteiger partial charge in [0.05, 0.1) is 0 Å². The van der Waals surface area contributed by atoms with Crippen LogP contribution in [-0.2, 0) is 4.79 Å². The highest BCUT2D eigenvalue weighted by molar-refractivity contribution is 9.10. The molecular weight excluding hydrogens is 342 g/mol. The third-order valence-electron chi connectivity index (χ3n) is 4.01. The lowest BCUT2D eigenvalue weighted by Crippen LogP contribution is -2.44. The first-order chi connectivity index (χ1) is 10.2. The summed E-state index contributed by atoms with van der Waals surface area (Å²) >= 11 is 3.40. The maximum atomic E-state index is 12.8. The number of anilines is 1. The van der Waals surface area contributed by atoms with Crippen molar-refractivity contribution in [1.29, 1.82) is 0 Å². The first kappa shape index (κ1) is 17.4. The molecule has 0 aromatic carbocycles. The Balaban J connectivity index is 2.21. The van der Waals surface area contributed by atoms with Gasteiger partial charge in [-0.25, -0.2) is 4.98 Å². The summed E-state index contributed by atoms with van der Waals surface area (Å²) in [6.07, 6.45) is 2.75. The number of carbonyl (C=O) groups is 1. The Hall–Kier alpha value is -0.940. The van der Waals surface area contributed by atoms with Crippen LogP contribution in [0.4, 0.5) is 5.82 Å². The predicted molar refractivity (Wildman–Crippen MR) is 93.9 cm³/mol. The molecule has 122 valence electrons. The van der Waals surface area contributed by atoms with E-state index in [1.165, 1.54) is 0 Å². The zero-order valence-electron chi connectivity index (χ0n) is 14.1. The first-order valence-corrected chi connectivity index (χ1v) is 8.56. The molecule has 1 fully saturated rings. The van der Waals surface area contributed by atoms with E-state index in [0.29, 0.717) is 12.5 Å². The van der Waals surface area contributed by atoms with Gasteiger partial charge in [0.15, 0.2) is 0 Å². The van der Waals surface area contributed by atoms with Crippen LogP contribution in [0.3, 0.4) is 0 Å². The molecular formula is C17H26BrN3O. The van der Waals surface area contributed by atoms with Crippen LogP contribution in [0.2, 0.25) is 0 Å². The second-order valence-corrected chi connectivity index (χ2v) is 8.40. The summed E-state index contributed by atoms with van der Waals surface area (Å²) in [4.78, 5) is 21.3. The van der Waals surface area contributed by atoms with Crippen molar-refractivity contribution in [3.63, 3.8) is 0 Å². The fourth-order valence-electron chi connectivity index (χ4n) is 3.00. The number of aromatic nitrogens is 1. The second-order valence-electron chi connectivity index (χ2n) is 7.48. The molecule has 0 saturated heterocycles. The molecule has 5 heteroatoms. The Morgan fingerprint density at radius 2 is 2.00 bits per heavy atom. The second kappa shape index (κ2) is 6.67. The third-order valence-corrected chi connectivity index (χ3v) is 4.48. The van der Waals surface area contributed by atoms with Gasteiger partial charge in [0.2, 0.25) is 5.91 Å². The van der Waals surface area contributed by atoms with Gasteiger partial charge in [-0.05, 0) is 59.9 Å². The number of pyridine rings is 1. The van der Waals surface area contributed by atoms with E-state index in [1.807, 2.05) is 17.0 Å². The fourth-order valence-corrected chi connectivity index (χ4v) is 3.23. The van der Waals surface area contributed by atoms with Crippen LogP contribution >= 0.6 is 15.9 Å². The topological polar surface area (TPSA) is 36.4 Å². The van der Waals surface area contributed by atoms with Crippen LogP contribution in [0.25, 0.3) is 0 Å². The Kier molecular flexibility index (Phi) is 5.28. The minimum atomic E-state index is 0.00599. The number of halogens is 1. The zero-order chi connectivity index (χ0) is 16.5. The SMILES string of the molecule is C[C@H]1C[C@H]1C(=O)N(CC(C)(C)CN(C)C)c1ccc(Br)cn1. The fraction of sp³-hybridized carbons (Fsp3) is 0.647. The number of amides is 1. The van der Waals surface area contributed by atoms with E-state index in [1.54, 1.807) is 6.20 Å². The molecule has 0 aliphatic heterocycles. The summed E-state index contributed by atoms with van der Waals surface area (Å²) < 4.78 is 0.927. The van der Waals surface area contributed by atoms with Crippen LogP contribution in [0.15, 0.2) is 22.8 Å². The highest BCUT2D eigenvalue weighted by Crippen LogP contribution is 2.40. The third kappa shape index (κ3) is 4.53. The number of hydrogen-bond donors (Lipinski definition) is 0. The van der Waals surface area contributed by atoms with Crippen molar-refractivity contribution in [2.75, 3.05) is 32.1 Å². The highest BCUT2D eigenvalue weighted by Gasteiger charge is 2.43. The van der Waals surface area contributed by atoms with Crippen LogP contribution < -0.4 is 4.90 Å². The van der Waals surface area contributed by atoms with E-state index in [2.05, 4.69) is 60.7 Å². The Morgan fingerprint density at radius 3 is 2.45 bits per heavy atom. The van der Waals surface area contributed by atoms with Crippen molar-refractivity contribution in [1.82, 2.24) is 9.88 Å². The maximum absolute atomic E-state index is 12.8. The largest absolute Gasteiger partial charge is 0.309 e. The summed E-state index contributed by atoms with van der Waals surface area (Å²) in [5, 5.41) is 0. The molecule has 2 atom stereocenters. The average Bonchev–Trinajstić information content (AvgIpc) is 3.12. The van der Waals surface area contributed by atoms with Gasteiger partial charge in [0.25, 0.3) is 0 Å². The Morgan fingerprint density at radius 1 is 1.36 bits per heavy atom. The van der Waals surface area contributed by atoms with E-state index >= 15 is 0 Å². The molecule has 1 aliphatic carbocycles. The maximum Gasteiger partial charge on any atom is 0.231 e. The molecule has 2 rings (SSSR count). The van der Waals surface area contributed by atoms with Gasteiger partial charge < -0.3 is 4.90 Å². The molecule has 1 amide bonds. The summed E-state index contributed by atoms with van der Waals surface area (Å²) in [6.45, 7) is 8.14. The molecule has 22 heavy (non-hydrogen) atoms. The van der Waals surface area contributed by atoms with Crippen LogP contribution in [0.1, 0.15) is 27.2 Å². The number of nitrogens with zero attached hydrogens (tertiary/aromatic N) is 3. The molecule has 0 N–H and O–H groups in total. The number of hydrogen-bond acceptors (Lipinski definition) is 3. The molecule has 0 bridgehead atoms. The van der Waals surface area contributed by atoms with Crippen molar-refractivity contribution < 1.29 is 4.79 Å². The first-order valence-electron chi connectivity index (χ1n) is 7.77. The molecule has 0 radical (unpaired) electrons. The molecule has 1 saturated carbocycles. The lowest BCUT2D eigenvalue weighted by molar-refractivity contribution is -0.120. The molecule has 0 unspecified atom stereocenters. The van der Waals surface area contributed by atoms with Crippen LogP contribution in [0, 0.1) is 17.3 Å². The highest BCUT2D eigenvalue weighted by atomic mass is 79.9. The Bertz CT molecular complexity index is 527. The summed E-state index contributed by atoms with van der Waals surface area (Å²) in [5.41, 5.74) is 0.00599. The van der Waals surface area contributed by atoms with Crippen molar-refractivity contribution in [3.05, 3.63) is 22.8 Å². The zero-order valence-corrected chi connectivity index (χ0v) is 15.7. The summed E-state index contributed by atoms with van der Waals surface area (Å²) in [6, 6.07) is 3.86. The van der Waals surface area contributed by atoms with Crippen LogP contribution in [0.5, 0.6) is 0 Å². The van der Waals surface area contributed by atoms with E-state index in [4.69, 9.17) is 0 Å². The predicted octanol–water partition coefficient (Wildman–Crippen LogP) is 3.42. The minimum absolute atomic E-state index is 0.00599. The van der Waals surface area contributed by atoms with E-state index in [9.17, 15) is 4.79 Å². The van der Waals surface area contributed by atoms with E-state index in [-0.39, 0.29) is 17.2 Å². The molecule has 1 aromatic heterocycles. The normalized spacial score (nSPS) is 21.0. The van der Waals surface area contributed by atoms with Crippen molar-refractivity contribution in [2.45, 2.75) is 27.2 Å². The lowest BCUT2D eigenvalue weighted by atomic mass is 9.92. The van der Waals surface area contributed by atoms with Crippen molar-refractivity contribution >= 4 is 27.7 Å². The average molecular weight is 368 g/mol. The number of rotatable bonds is 6. The quantitative estimate of drug-likeness (QED) is 0.772. The lowest BCUT2D eigenvalue weighted by Gasteiger charge is -2.34. The van der Waals surface area contributed by atoms with Gasteiger partial charge in [-0.3, -0.25) is 9.69 Å². The van der Waals surface area contributed by atoms with Gasteiger partial charge in [-0.2, -0.15) is 0 Å². The van der Waals surface area contributed by atoms with Gasteiger partial charge >= 0.3 is 0 Å². The van der Waals surface area contributed by atoms with Crippen molar-refractivity contribution in [3.8, 4) is 0 Å². The van der Waals surface area contributed by atoms with E-state index in [0.717, 1.165) is 23.3 Å². The van der Waals surface area contributed by atoms with Gasteiger partial charge in [-0.1, -0.05) is 20.8 Å². The Labute approximate surface area is 142 Å². The minimum Gasteiger partial charge on any atom is -0.309 e. The van der Waals surface area contributed by atoms with Gasteiger partial charge in [0.1, 0.15) is 5.82 Å². The monoisotopic (exact) mass is 367 g/mol. The molecule has 1 aromatic rings. The van der Waals surface area contributed by atoms with Crippen molar-refractivity contribution in [2.24, 2.45) is 17.3 Å². The smallest absolute Gasteiger partial charge is 0.231 e. The van der Waals surface area contributed by atoms with Gasteiger partial charge in [-0.15, -0.1) is 0 Å². The standard InChI is InChI=1S/C17H26BrN3O/c1-12-8-14(12)16(22)21(11-17(2,3)10-20(4)5)15-7-6-13(18)9-19-15/h6-7,9,12,14H,8,10-11H2,1-5H3/t12-,14+/m0/s1. The van der Waals surface area contributed by atoms with E-state index < -0.39 is 0 Å². The summed E-state index contributed by atoms with van der Waals surface area (Å²) in [7, 11) is 4.13. The van der Waals surface area contributed by atoms with Crippen LogP contribution in [-0.4, -0.2) is 43.0 Å². The van der Waals surface area contributed by atoms with Gasteiger partial charge in [0, 0.05) is 29.7 Å². The summed E-state index contributed by atoms with van der Waals surface area (Å²) in [5.74, 6) is 1.64. The molecule has 1 aliphatic rings. The molecule has 1 heterocycles. The number of carbonyl (C=O) groups excluding carboxylic acids is 1. The molecule has 0 spiro atoms. The molecule has 4 nitrogen and oxygen atoms in total.